The van der Waals surface area contributed by atoms with Crippen molar-refractivity contribution >= 4 is 71.1 Å². The normalized spacial score (nSPS) is 13.2. The summed E-state index contributed by atoms with van der Waals surface area (Å²) in [5.41, 5.74) is 0.362. The van der Waals surface area contributed by atoms with Crippen molar-refractivity contribution in [3.8, 4) is 0 Å². The third-order valence-corrected chi connectivity index (χ3v) is 10.4. The predicted octanol–water partition coefficient (Wildman–Crippen LogP) is 8.81. The van der Waals surface area contributed by atoms with Gasteiger partial charge in [0.2, 0.25) is 0 Å². The van der Waals surface area contributed by atoms with E-state index in [1.165, 1.54) is 49.1 Å². The summed E-state index contributed by atoms with van der Waals surface area (Å²) in [5, 5.41) is 6.95. The molecule has 13 heteroatoms. The molecule has 0 amide bonds. The van der Waals surface area contributed by atoms with Crippen molar-refractivity contribution in [2.24, 2.45) is 11.3 Å². The van der Waals surface area contributed by atoms with Crippen LogP contribution >= 0.6 is 47.2 Å². The number of carbonyl (C=O) groups excluding carboxylic acids is 4. The Labute approximate surface area is 312 Å². The standard InChI is InChI=1S/C36H59NO8S4/c1-30(14-11-25-47-27-16-32(39)43-21-13-23-45-34(41)18-29-49-37(7)8)36(5,6)48-28-17-33(40)44-22-12-20-42-31(38)15-26-46-24-10-9-19-35(2,3)4/h15-18,26-30H,9-14,19-25H2,1-8H3/b26-15+,27-16-,28-17+,29-18-. The van der Waals surface area contributed by atoms with E-state index >= 15 is 0 Å². The van der Waals surface area contributed by atoms with Gasteiger partial charge in [-0.15, -0.1) is 35.3 Å². The third kappa shape index (κ3) is 31.9. The number of rotatable bonds is 27. The molecule has 0 N–H and O–H groups in total. The van der Waals surface area contributed by atoms with E-state index in [-0.39, 0.29) is 37.1 Å². The molecule has 1 unspecified atom stereocenters. The van der Waals surface area contributed by atoms with Crippen molar-refractivity contribution < 1.29 is 38.1 Å². The Balaban J connectivity index is 3.95. The maximum atomic E-state index is 12.1. The largest absolute Gasteiger partial charge is 0.462 e. The van der Waals surface area contributed by atoms with Crippen molar-refractivity contribution in [1.29, 1.82) is 0 Å². The lowest BCUT2D eigenvalue weighted by molar-refractivity contribution is -0.142. The minimum absolute atomic E-state index is 0.0800. The second-order valence-corrected chi connectivity index (χ2v) is 17.8. The Morgan fingerprint density at radius 2 is 1.04 bits per heavy atom. The summed E-state index contributed by atoms with van der Waals surface area (Å²) in [4.78, 5) is 47.3. The molecule has 0 fully saturated rings. The van der Waals surface area contributed by atoms with Crippen LogP contribution in [0, 0.1) is 11.3 Å². The first kappa shape index (κ1) is 47.2. The molecule has 9 nitrogen and oxygen atoms in total. The van der Waals surface area contributed by atoms with E-state index in [4.69, 9.17) is 18.9 Å². The van der Waals surface area contributed by atoms with E-state index in [0.29, 0.717) is 24.2 Å². The smallest absolute Gasteiger partial charge is 0.331 e. The van der Waals surface area contributed by atoms with Crippen LogP contribution in [0.25, 0.3) is 0 Å². The van der Waals surface area contributed by atoms with Gasteiger partial charge in [-0.2, -0.15) is 0 Å². The number of unbranched alkanes of at least 4 members (excludes halogenated alkanes) is 1. The van der Waals surface area contributed by atoms with E-state index in [1.54, 1.807) is 56.9 Å². The van der Waals surface area contributed by atoms with Crippen molar-refractivity contribution in [3.63, 3.8) is 0 Å². The van der Waals surface area contributed by atoms with Crippen LogP contribution in [-0.4, -0.2) is 85.0 Å². The average molecular weight is 762 g/mol. The Morgan fingerprint density at radius 3 is 1.49 bits per heavy atom. The molecular weight excluding hydrogens is 703 g/mol. The van der Waals surface area contributed by atoms with E-state index in [1.807, 2.05) is 18.4 Å². The van der Waals surface area contributed by atoms with Gasteiger partial charge in [0, 0.05) is 41.9 Å². The second kappa shape index (κ2) is 28.8. The summed E-state index contributed by atoms with van der Waals surface area (Å²) >= 11 is 6.14. The van der Waals surface area contributed by atoms with Crippen molar-refractivity contribution in [3.05, 3.63) is 45.9 Å². The highest BCUT2D eigenvalue weighted by Gasteiger charge is 2.25. The maximum Gasteiger partial charge on any atom is 0.331 e. The fraction of sp³-hybridized carbons (Fsp3) is 0.667. The summed E-state index contributed by atoms with van der Waals surface area (Å²) < 4.78 is 22.3. The summed E-state index contributed by atoms with van der Waals surface area (Å²) in [6.07, 6.45) is 12.0. The summed E-state index contributed by atoms with van der Waals surface area (Å²) in [7, 11) is 3.74. The highest BCUT2D eigenvalue weighted by molar-refractivity contribution is 8.03. The van der Waals surface area contributed by atoms with Gasteiger partial charge >= 0.3 is 23.9 Å². The van der Waals surface area contributed by atoms with Gasteiger partial charge in [-0.25, -0.2) is 19.2 Å². The van der Waals surface area contributed by atoms with E-state index in [0.717, 1.165) is 30.8 Å². The van der Waals surface area contributed by atoms with Crippen LogP contribution in [0.5, 0.6) is 0 Å². The minimum Gasteiger partial charge on any atom is -0.462 e. The molecule has 0 rings (SSSR count). The highest BCUT2D eigenvalue weighted by atomic mass is 32.2. The van der Waals surface area contributed by atoms with Crippen LogP contribution in [0.3, 0.4) is 0 Å². The molecule has 0 bridgehead atoms. The van der Waals surface area contributed by atoms with Gasteiger partial charge in [-0.3, -0.25) is 4.31 Å². The average Bonchev–Trinajstić information content (AvgIpc) is 3.00. The molecule has 0 aromatic carbocycles. The highest BCUT2D eigenvalue weighted by Crippen LogP contribution is 2.36. The fourth-order valence-electron chi connectivity index (χ4n) is 3.59. The van der Waals surface area contributed by atoms with Crippen LogP contribution in [0.1, 0.15) is 86.5 Å². The van der Waals surface area contributed by atoms with E-state index in [2.05, 4.69) is 41.5 Å². The number of nitrogens with zero attached hydrogens (tertiary/aromatic N) is 1. The first-order chi connectivity index (χ1) is 23.1. The lowest BCUT2D eigenvalue weighted by Gasteiger charge is -2.30. The molecule has 0 heterocycles. The molecular formula is C36H59NO8S4. The third-order valence-electron chi connectivity index (χ3n) is 6.73. The van der Waals surface area contributed by atoms with Crippen LogP contribution < -0.4 is 0 Å². The topological polar surface area (TPSA) is 108 Å². The molecule has 280 valence electrons. The molecule has 0 saturated carbocycles. The molecule has 0 aromatic rings. The number of hydrogen-bond donors (Lipinski definition) is 0. The predicted molar refractivity (Wildman–Crippen MR) is 209 cm³/mol. The van der Waals surface area contributed by atoms with Crippen LogP contribution in [-0.2, 0) is 38.1 Å². The molecule has 0 aromatic heterocycles. The lowest BCUT2D eigenvalue weighted by Crippen LogP contribution is -2.24. The Kier molecular flexibility index (Phi) is 27.8. The summed E-state index contributed by atoms with van der Waals surface area (Å²) in [5.74, 6) is 0.593. The van der Waals surface area contributed by atoms with Gasteiger partial charge < -0.3 is 18.9 Å². The zero-order valence-corrected chi connectivity index (χ0v) is 34.0. The molecule has 0 aliphatic rings. The molecule has 0 radical (unpaired) electrons. The number of hydrogen-bond acceptors (Lipinski definition) is 13. The fourth-order valence-corrected chi connectivity index (χ4v) is 6.28. The van der Waals surface area contributed by atoms with Crippen LogP contribution in [0.2, 0.25) is 0 Å². The number of thioether (sulfide) groups is 3. The molecule has 1 atom stereocenters. The zero-order valence-electron chi connectivity index (χ0n) is 30.7. The minimum atomic E-state index is -0.426. The van der Waals surface area contributed by atoms with E-state index < -0.39 is 17.9 Å². The first-order valence-electron chi connectivity index (χ1n) is 16.7. The monoisotopic (exact) mass is 761 g/mol. The zero-order chi connectivity index (χ0) is 37.0. The molecule has 0 saturated heterocycles. The first-order valence-corrected chi connectivity index (χ1v) is 20.5. The van der Waals surface area contributed by atoms with Gasteiger partial charge in [0.15, 0.2) is 0 Å². The van der Waals surface area contributed by atoms with E-state index in [9.17, 15) is 19.2 Å². The van der Waals surface area contributed by atoms with Crippen molar-refractivity contribution in [2.75, 3.05) is 52.0 Å². The molecule has 0 aliphatic heterocycles. The molecule has 0 aliphatic carbocycles. The number of carbonyl (C=O) groups is 4. The van der Waals surface area contributed by atoms with Gasteiger partial charge in [-0.1, -0.05) is 59.9 Å². The maximum absolute atomic E-state index is 12.1. The molecule has 0 spiro atoms. The van der Waals surface area contributed by atoms with Crippen molar-refractivity contribution in [1.82, 2.24) is 4.31 Å². The summed E-state index contributed by atoms with van der Waals surface area (Å²) in [6, 6.07) is 0. The Bertz CT molecular complexity index is 1070. The Hall–Kier alpha value is -1.80. The van der Waals surface area contributed by atoms with Crippen molar-refractivity contribution in [2.45, 2.75) is 91.2 Å². The quantitative estimate of drug-likeness (QED) is 0.0262. The lowest BCUT2D eigenvalue weighted by atomic mass is 9.90. The molecule has 49 heavy (non-hydrogen) atoms. The summed E-state index contributed by atoms with van der Waals surface area (Å²) in [6.45, 7) is 14.0. The van der Waals surface area contributed by atoms with Crippen LogP contribution in [0.4, 0.5) is 0 Å². The van der Waals surface area contributed by atoms with Crippen LogP contribution in [0.15, 0.2) is 45.9 Å². The SMILES string of the molecule is CC(CCCS/C=C\C(=O)OCCCOC(=O)/C=C\SN(C)C)C(C)(C)S/C=C/C(=O)OCCCOC(=O)/C=C/SCCCCC(C)(C)C. The van der Waals surface area contributed by atoms with Gasteiger partial charge in [-0.05, 0) is 84.2 Å². The number of esters is 4. The van der Waals surface area contributed by atoms with Gasteiger partial charge in [0.05, 0.1) is 26.4 Å². The number of ether oxygens (including phenoxy) is 4. The van der Waals surface area contributed by atoms with Gasteiger partial charge in [0.25, 0.3) is 0 Å². The Morgan fingerprint density at radius 1 is 0.612 bits per heavy atom. The van der Waals surface area contributed by atoms with Gasteiger partial charge in [0.1, 0.15) is 0 Å². The second-order valence-electron chi connectivity index (χ2n) is 13.0.